The number of hydrogen-bond donors (Lipinski definition) is 1. The zero-order valence-corrected chi connectivity index (χ0v) is 11.7. The van der Waals surface area contributed by atoms with E-state index >= 15 is 0 Å². The second-order valence-electron chi connectivity index (χ2n) is 5.50. The zero-order valence-electron chi connectivity index (χ0n) is 11.7. The molecular formula is C14H25NO3. The van der Waals surface area contributed by atoms with Crippen molar-refractivity contribution in [3.63, 3.8) is 0 Å². The molecule has 4 heteroatoms. The molecule has 1 fully saturated rings. The molecule has 0 unspecified atom stereocenters. The highest BCUT2D eigenvalue weighted by Gasteiger charge is 2.26. The van der Waals surface area contributed by atoms with Crippen molar-refractivity contribution < 1.29 is 14.3 Å². The molecule has 1 N–H and O–H groups in total. The Morgan fingerprint density at radius 3 is 2.56 bits per heavy atom. The highest BCUT2D eigenvalue weighted by molar-refractivity contribution is 5.77. The van der Waals surface area contributed by atoms with Crippen LogP contribution in [0.4, 0.5) is 0 Å². The highest BCUT2D eigenvalue weighted by atomic mass is 16.5. The molecule has 1 aliphatic carbocycles. The van der Waals surface area contributed by atoms with Gasteiger partial charge in [0.2, 0.25) is 5.91 Å². The van der Waals surface area contributed by atoms with Crippen molar-refractivity contribution in [1.29, 1.82) is 0 Å². The highest BCUT2D eigenvalue weighted by Crippen LogP contribution is 2.28. The van der Waals surface area contributed by atoms with Crippen LogP contribution in [0.25, 0.3) is 0 Å². The third-order valence-corrected chi connectivity index (χ3v) is 3.79. The second kappa shape index (κ2) is 7.39. The molecule has 0 aromatic rings. The molecule has 18 heavy (non-hydrogen) atoms. The van der Waals surface area contributed by atoms with E-state index in [-0.39, 0.29) is 11.9 Å². The maximum absolute atomic E-state index is 11.7. The standard InChI is InChI=1S/C14H25NO3/c1-10-7-8-12(11(2)9-10)15-13(16)5-4-6-14(17)18-3/h10-12H,4-9H2,1-3H3,(H,15,16)/t10-,11-,12+/m0/s1. The summed E-state index contributed by atoms with van der Waals surface area (Å²) >= 11 is 0. The zero-order chi connectivity index (χ0) is 13.5. The van der Waals surface area contributed by atoms with Gasteiger partial charge in [-0.05, 0) is 37.5 Å². The fourth-order valence-electron chi connectivity index (χ4n) is 2.65. The second-order valence-corrected chi connectivity index (χ2v) is 5.50. The number of amides is 1. The van der Waals surface area contributed by atoms with Crippen molar-refractivity contribution in [2.45, 2.75) is 58.4 Å². The van der Waals surface area contributed by atoms with Gasteiger partial charge >= 0.3 is 5.97 Å². The minimum atomic E-state index is -0.248. The maximum Gasteiger partial charge on any atom is 0.305 e. The first-order valence-electron chi connectivity index (χ1n) is 6.89. The van der Waals surface area contributed by atoms with Crippen molar-refractivity contribution >= 4 is 11.9 Å². The first-order valence-corrected chi connectivity index (χ1v) is 6.89. The maximum atomic E-state index is 11.7. The smallest absolute Gasteiger partial charge is 0.305 e. The van der Waals surface area contributed by atoms with Gasteiger partial charge in [0.25, 0.3) is 0 Å². The van der Waals surface area contributed by atoms with E-state index in [1.807, 2.05) is 0 Å². The minimum Gasteiger partial charge on any atom is -0.469 e. The SMILES string of the molecule is COC(=O)CCCC(=O)N[C@@H]1CC[C@H](C)C[C@@H]1C. The Bertz CT molecular complexity index is 291. The van der Waals surface area contributed by atoms with E-state index in [4.69, 9.17) is 0 Å². The number of carbonyl (C=O) groups excluding carboxylic acids is 2. The van der Waals surface area contributed by atoms with Gasteiger partial charge in [-0.3, -0.25) is 9.59 Å². The quantitative estimate of drug-likeness (QED) is 0.767. The summed E-state index contributed by atoms with van der Waals surface area (Å²) in [4.78, 5) is 22.7. The summed E-state index contributed by atoms with van der Waals surface area (Å²) in [7, 11) is 1.37. The van der Waals surface area contributed by atoms with Crippen LogP contribution in [0.3, 0.4) is 0 Å². The van der Waals surface area contributed by atoms with Gasteiger partial charge in [0, 0.05) is 18.9 Å². The number of methoxy groups -OCH3 is 1. The molecule has 0 aromatic carbocycles. The van der Waals surface area contributed by atoms with Gasteiger partial charge in [0.15, 0.2) is 0 Å². The van der Waals surface area contributed by atoms with Gasteiger partial charge in [-0.1, -0.05) is 13.8 Å². The van der Waals surface area contributed by atoms with Crippen LogP contribution in [0, 0.1) is 11.8 Å². The molecule has 1 amide bonds. The minimum absolute atomic E-state index is 0.0605. The molecule has 0 spiro atoms. The molecule has 1 aliphatic rings. The number of carbonyl (C=O) groups is 2. The van der Waals surface area contributed by atoms with Gasteiger partial charge in [-0.2, -0.15) is 0 Å². The van der Waals surface area contributed by atoms with Gasteiger partial charge in [0.1, 0.15) is 0 Å². The van der Waals surface area contributed by atoms with E-state index in [0.717, 1.165) is 12.3 Å². The molecule has 0 saturated heterocycles. The number of esters is 1. The molecule has 0 bridgehead atoms. The van der Waals surface area contributed by atoms with Crippen LogP contribution in [-0.4, -0.2) is 25.0 Å². The first-order chi connectivity index (χ1) is 8.52. The molecule has 0 aromatic heterocycles. The average Bonchev–Trinajstić information content (AvgIpc) is 2.32. The summed E-state index contributed by atoms with van der Waals surface area (Å²) in [5, 5.41) is 3.09. The number of ether oxygens (including phenoxy) is 1. The van der Waals surface area contributed by atoms with Crippen molar-refractivity contribution in [1.82, 2.24) is 5.32 Å². The Labute approximate surface area is 109 Å². The lowest BCUT2D eigenvalue weighted by molar-refractivity contribution is -0.140. The summed E-state index contributed by atoms with van der Waals surface area (Å²) in [5.74, 6) is 1.14. The monoisotopic (exact) mass is 255 g/mol. The number of nitrogens with one attached hydrogen (secondary N) is 1. The van der Waals surface area contributed by atoms with Gasteiger partial charge in [-0.15, -0.1) is 0 Å². The Morgan fingerprint density at radius 1 is 1.22 bits per heavy atom. The van der Waals surface area contributed by atoms with E-state index in [0.29, 0.717) is 31.2 Å². The molecule has 4 nitrogen and oxygen atoms in total. The largest absolute Gasteiger partial charge is 0.469 e. The van der Waals surface area contributed by atoms with Crippen LogP contribution in [0.15, 0.2) is 0 Å². The first kappa shape index (κ1) is 15.0. The normalized spacial score (nSPS) is 27.6. The predicted molar refractivity (Wildman–Crippen MR) is 70.0 cm³/mol. The predicted octanol–water partition coefficient (Wildman–Crippen LogP) is 2.27. The Kier molecular flexibility index (Phi) is 6.16. The molecule has 0 heterocycles. The molecular weight excluding hydrogens is 230 g/mol. The lowest BCUT2D eigenvalue weighted by Crippen LogP contribution is -2.42. The summed E-state index contributed by atoms with van der Waals surface area (Å²) in [6, 6.07) is 0.312. The van der Waals surface area contributed by atoms with E-state index in [1.54, 1.807) is 0 Å². The molecule has 0 aliphatic heterocycles. The molecule has 0 radical (unpaired) electrons. The lowest BCUT2D eigenvalue weighted by Gasteiger charge is -2.33. The van der Waals surface area contributed by atoms with Gasteiger partial charge in [-0.25, -0.2) is 0 Å². The van der Waals surface area contributed by atoms with Gasteiger partial charge in [0.05, 0.1) is 7.11 Å². The summed E-state index contributed by atoms with van der Waals surface area (Å²) in [5.41, 5.74) is 0. The fourth-order valence-corrected chi connectivity index (χ4v) is 2.65. The Hall–Kier alpha value is -1.06. The van der Waals surface area contributed by atoms with Crippen molar-refractivity contribution in [2.24, 2.45) is 11.8 Å². The van der Waals surface area contributed by atoms with Crippen LogP contribution in [0.5, 0.6) is 0 Å². The van der Waals surface area contributed by atoms with Crippen LogP contribution >= 0.6 is 0 Å². The van der Waals surface area contributed by atoms with E-state index in [9.17, 15) is 9.59 Å². The van der Waals surface area contributed by atoms with Crippen molar-refractivity contribution in [3.8, 4) is 0 Å². The van der Waals surface area contributed by atoms with Crippen LogP contribution in [-0.2, 0) is 14.3 Å². The Balaban J connectivity index is 2.21. The average molecular weight is 255 g/mol. The lowest BCUT2D eigenvalue weighted by atomic mass is 9.80. The van der Waals surface area contributed by atoms with Crippen LogP contribution in [0.1, 0.15) is 52.4 Å². The topological polar surface area (TPSA) is 55.4 Å². The molecule has 3 atom stereocenters. The number of hydrogen-bond acceptors (Lipinski definition) is 3. The van der Waals surface area contributed by atoms with Gasteiger partial charge < -0.3 is 10.1 Å². The Morgan fingerprint density at radius 2 is 1.94 bits per heavy atom. The molecule has 104 valence electrons. The van der Waals surface area contributed by atoms with Crippen molar-refractivity contribution in [3.05, 3.63) is 0 Å². The van der Waals surface area contributed by atoms with Crippen LogP contribution in [0.2, 0.25) is 0 Å². The number of rotatable bonds is 5. The third kappa shape index (κ3) is 5.07. The summed E-state index contributed by atoms with van der Waals surface area (Å²) in [6.45, 7) is 4.47. The molecule has 1 saturated carbocycles. The van der Waals surface area contributed by atoms with E-state index in [2.05, 4.69) is 23.9 Å². The van der Waals surface area contributed by atoms with E-state index in [1.165, 1.54) is 20.0 Å². The molecule has 1 rings (SSSR count). The van der Waals surface area contributed by atoms with Crippen LogP contribution < -0.4 is 5.32 Å². The van der Waals surface area contributed by atoms with Crippen molar-refractivity contribution in [2.75, 3.05) is 7.11 Å². The van der Waals surface area contributed by atoms with E-state index < -0.39 is 0 Å². The third-order valence-electron chi connectivity index (χ3n) is 3.79. The summed E-state index contributed by atoms with van der Waals surface area (Å²) in [6.07, 6.45) is 4.75. The fraction of sp³-hybridized carbons (Fsp3) is 0.857. The summed E-state index contributed by atoms with van der Waals surface area (Å²) < 4.78 is 4.54.